The summed E-state index contributed by atoms with van der Waals surface area (Å²) in [5, 5.41) is 6.44. The zero-order chi connectivity index (χ0) is 28.3. The highest BCUT2D eigenvalue weighted by atomic mass is 16.5. The highest BCUT2D eigenvalue weighted by Gasteiger charge is 2.73. The summed E-state index contributed by atoms with van der Waals surface area (Å²) >= 11 is 0. The van der Waals surface area contributed by atoms with Gasteiger partial charge in [-0.05, 0) is 87.0 Å². The molecule has 2 saturated heterocycles. The molecule has 216 valence electrons. The van der Waals surface area contributed by atoms with Crippen molar-refractivity contribution in [3.05, 3.63) is 41.5 Å². The van der Waals surface area contributed by atoms with Crippen LogP contribution in [0.25, 0.3) is 0 Å². The van der Waals surface area contributed by atoms with Crippen molar-refractivity contribution in [1.82, 2.24) is 10.2 Å². The molecule has 4 fully saturated rings. The van der Waals surface area contributed by atoms with Crippen LogP contribution in [0, 0.1) is 43.4 Å². The Labute approximate surface area is 238 Å². The molecule has 7 nitrogen and oxygen atoms in total. The van der Waals surface area contributed by atoms with Gasteiger partial charge in [0.25, 0.3) is 0 Å². The summed E-state index contributed by atoms with van der Waals surface area (Å²) in [4.78, 5) is 44.3. The molecule has 2 aliphatic carbocycles. The second-order valence-electron chi connectivity index (χ2n) is 13.5. The second kappa shape index (κ2) is 10.3. The Morgan fingerprint density at radius 3 is 2.45 bits per heavy atom. The number of nitrogens with one attached hydrogen (secondary N) is 2. The number of nitrogens with zero attached hydrogens (tertiary/aromatic N) is 1. The van der Waals surface area contributed by atoms with Crippen molar-refractivity contribution in [2.45, 2.75) is 109 Å². The van der Waals surface area contributed by atoms with Gasteiger partial charge in [0.2, 0.25) is 17.7 Å². The standard InChI is InChI=1S/C33H45N3O4/c1-18-9-13-24(14-10-18)36-29(31(38)35-25-8-6-7-20(3)22(25)5)33-16-15-26(40-33)27(28(33)32(36)39)30(37)34-23-12-11-19(2)21(4)17-23/h11-12,15-18,20,22,24-29H,6-10,13-14H2,1-5H3,(H,34,37)(H,35,38)/t18?,20-,22-,24?,25+,26-,27+,28-,29-,33-/m0/s1. The zero-order valence-corrected chi connectivity index (χ0v) is 24.6. The number of amides is 3. The maximum absolute atomic E-state index is 14.4. The topological polar surface area (TPSA) is 87.7 Å². The highest BCUT2D eigenvalue weighted by molar-refractivity contribution is 6.03. The SMILES string of the molecule is Cc1ccc(NC(=O)[C@@H]2[C@@H]3C=C[C@]4(O3)[C@@H]2C(=O)N(C2CCC(C)CC2)[C@H]4C(=O)N[C@@H]2CCC[C@H](C)[C@@H]2C)cc1C. The summed E-state index contributed by atoms with van der Waals surface area (Å²) in [7, 11) is 0. The van der Waals surface area contributed by atoms with Gasteiger partial charge in [0.05, 0.1) is 17.9 Å². The minimum Gasteiger partial charge on any atom is -0.359 e. The molecule has 7 heteroatoms. The molecule has 1 spiro atoms. The molecule has 2 N–H and O–H groups in total. The number of carbonyl (C=O) groups is 3. The first-order valence-electron chi connectivity index (χ1n) is 15.5. The van der Waals surface area contributed by atoms with Crippen molar-refractivity contribution in [3.63, 3.8) is 0 Å². The fourth-order valence-corrected chi connectivity index (χ4v) is 8.21. The third kappa shape index (κ3) is 4.40. The van der Waals surface area contributed by atoms with E-state index in [0.717, 1.165) is 49.7 Å². The zero-order valence-electron chi connectivity index (χ0n) is 24.6. The molecule has 1 aromatic rings. The number of rotatable bonds is 5. The van der Waals surface area contributed by atoms with E-state index >= 15 is 0 Å². The lowest BCUT2D eigenvalue weighted by molar-refractivity contribution is -0.145. The number of aryl methyl sites for hydroxylation is 2. The average Bonchev–Trinajstić information content (AvgIpc) is 3.57. The summed E-state index contributed by atoms with van der Waals surface area (Å²) < 4.78 is 6.59. The van der Waals surface area contributed by atoms with Crippen molar-refractivity contribution in [2.75, 3.05) is 5.32 Å². The fraction of sp³-hybridized carbons (Fsp3) is 0.667. The van der Waals surface area contributed by atoms with Gasteiger partial charge in [-0.25, -0.2) is 0 Å². The quantitative estimate of drug-likeness (QED) is 0.513. The molecular weight excluding hydrogens is 502 g/mol. The Balaban J connectivity index is 1.31. The van der Waals surface area contributed by atoms with E-state index < -0.39 is 29.6 Å². The maximum Gasteiger partial charge on any atom is 0.246 e. The summed E-state index contributed by atoms with van der Waals surface area (Å²) in [6, 6.07) is 5.16. The molecule has 2 saturated carbocycles. The van der Waals surface area contributed by atoms with Gasteiger partial charge in [-0.2, -0.15) is 0 Å². The van der Waals surface area contributed by atoms with E-state index in [9.17, 15) is 14.4 Å². The van der Waals surface area contributed by atoms with Gasteiger partial charge in [0.1, 0.15) is 11.6 Å². The average molecular weight is 548 g/mol. The van der Waals surface area contributed by atoms with Crippen LogP contribution in [0.1, 0.15) is 76.8 Å². The molecule has 40 heavy (non-hydrogen) atoms. The minimum absolute atomic E-state index is 0.0124. The lowest BCUT2D eigenvalue weighted by atomic mass is 9.73. The molecule has 2 bridgehead atoms. The number of hydrogen-bond donors (Lipinski definition) is 2. The van der Waals surface area contributed by atoms with E-state index in [0.29, 0.717) is 23.4 Å². The largest absolute Gasteiger partial charge is 0.359 e. The predicted molar refractivity (Wildman–Crippen MR) is 154 cm³/mol. The summed E-state index contributed by atoms with van der Waals surface area (Å²) in [5.74, 6) is -0.277. The monoisotopic (exact) mass is 547 g/mol. The first-order valence-corrected chi connectivity index (χ1v) is 15.5. The van der Waals surface area contributed by atoms with Crippen molar-refractivity contribution >= 4 is 23.4 Å². The van der Waals surface area contributed by atoms with Crippen molar-refractivity contribution in [1.29, 1.82) is 0 Å². The molecule has 1 aromatic carbocycles. The molecule has 8 atom stereocenters. The van der Waals surface area contributed by atoms with Crippen LogP contribution in [0.5, 0.6) is 0 Å². The number of hydrogen-bond acceptors (Lipinski definition) is 4. The number of fused-ring (bicyclic) bond motifs is 1. The van der Waals surface area contributed by atoms with Crippen LogP contribution in [0.3, 0.4) is 0 Å². The summed E-state index contributed by atoms with van der Waals surface area (Å²) in [6.07, 6.45) is 10.4. The van der Waals surface area contributed by atoms with Gasteiger partial charge in [0, 0.05) is 17.8 Å². The van der Waals surface area contributed by atoms with Crippen LogP contribution in [0.4, 0.5) is 5.69 Å². The summed E-state index contributed by atoms with van der Waals surface area (Å²) in [5.41, 5.74) is 1.86. The number of ether oxygens (including phenoxy) is 1. The lowest BCUT2D eigenvalue weighted by Gasteiger charge is -2.41. The van der Waals surface area contributed by atoms with E-state index in [1.165, 1.54) is 6.42 Å². The minimum atomic E-state index is -1.11. The van der Waals surface area contributed by atoms with Gasteiger partial charge >= 0.3 is 0 Å². The Morgan fingerprint density at radius 1 is 0.975 bits per heavy atom. The van der Waals surface area contributed by atoms with E-state index in [-0.39, 0.29) is 29.8 Å². The molecule has 0 aromatic heterocycles. The third-order valence-electron chi connectivity index (χ3n) is 11.1. The fourth-order valence-electron chi connectivity index (χ4n) is 8.21. The smallest absolute Gasteiger partial charge is 0.246 e. The number of anilines is 1. The molecule has 3 heterocycles. The third-order valence-corrected chi connectivity index (χ3v) is 11.1. The van der Waals surface area contributed by atoms with Crippen LogP contribution in [-0.2, 0) is 19.1 Å². The molecule has 3 amide bonds. The van der Waals surface area contributed by atoms with Crippen LogP contribution < -0.4 is 10.6 Å². The number of benzene rings is 1. The predicted octanol–water partition coefficient (Wildman–Crippen LogP) is 4.91. The molecule has 6 rings (SSSR count). The van der Waals surface area contributed by atoms with Crippen molar-refractivity contribution < 1.29 is 19.1 Å². The summed E-state index contributed by atoms with van der Waals surface area (Å²) in [6.45, 7) is 10.8. The second-order valence-corrected chi connectivity index (χ2v) is 13.5. The molecule has 3 aliphatic heterocycles. The molecular formula is C33H45N3O4. The van der Waals surface area contributed by atoms with Gasteiger partial charge in [0.15, 0.2) is 0 Å². The number of carbonyl (C=O) groups excluding carboxylic acids is 3. The Bertz CT molecular complexity index is 1220. The Kier molecular flexibility index (Phi) is 7.09. The van der Waals surface area contributed by atoms with Crippen molar-refractivity contribution in [2.24, 2.45) is 29.6 Å². The van der Waals surface area contributed by atoms with Gasteiger partial charge < -0.3 is 20.3 Å². The van der Waals surface area contributed by atoms with Crippen LogP contribution >= 0.6 is 0 Å². The van der Waals surface area contributed by atoms with Crippen LogP contribution in [0.2, 0.25) is 0 Å². The van der Waals surface area contributed by atoms with Gasteiger partial charge in [-0.3, -0.25) is 14.4 Å². The number of likely N-dealkylation sites (tertiary alicyclic amines) is 1. The first kappa shape index (κ1) is 27.5. The van der Waals surface area contributed by atoms with Crippen LogP contribution in [-0.4, -0.2) is 52.5 Å². The van der Waals surface area contributed by atoms with Gasteiger partial charge in [-0.15, -0.1) is 0 Å². The highest BCUT2D eigenvalue weighted by Crippen LogP contribution is 2.56. The lowest BCUT2D eigenvalue weighted by Crippen LogP contribution is -2.59. The Morgan fingerprint density at radius 2 is 1.73 bits per heavy atom. The van der Waals surface area contributed by atoms with E-state index in [2.05, 4.69) is 31.4 Å². The van der Waals surface area contributed by atoms with Crippen LogP contribution in [0.15, 0.2) is 30.4 Å². The van der Waals surface area contributed by atoms with Gasteiger partial charge in [-0.1, -0.05) is 51.8 Å². The molecule has 0 unspecified atom stereocenters. The normalized spacial score (nSPS) is 40.3. The van der Waals surface area contributed by atoms with E-state index in [4.69, 9.17) is 4.74 Å². The van der Waals surface area contributed by atoms with E-state index in [1.54, 1.807) is 0 Å². The van der Waals surface area contributed by atoms with Crippen molar-refractivity contribution in [3.8, 4) is 0 Å². The first-order chi connectivity index (χ1) is 19.1. The van der Waals surface area contributed by atoms with E-state index in [1.807, 2.05) is 49.1 Å². The molecule has 0 radical (unpaired) electrons. The molecule has 5 aliphatic rings. The Hall–Kier alpha value is -2.67. The maximum atomic E-state index is 14.4.